The molecule has 0 fully saturated rings. The Morgan fingerprint density at radius 3 is 1.23 bits per heavy atom. The van der Waals surface area contributed by atoms with Crippen LogP contribution in [0.25, 0.3) is 0 Å². The van der Waals surface area contributed by atoms with Crippen LogP contribution >= 0.6 is 7.82 Å². The first-order chi connectivity index (χ1) is 29.0. The number of nitrogens with zero attached hydrogens (tertiary/aromatic N) is 1. The number of quaternary nitrogens is 1. The predicted octanol–water partition coefficient (Wildman–Crippen LogP) is 15.1. The van der Waals surface area contributed by atoms with Crippen LogP contribution in [0.15, 0.2) is 12.2 Å². The molecule has 0 bridgehead atoms. The first kappa shape index (κ1) is 59.2. The van der Waals surface area contributed by atoms with Crippen LogP contribution in [0.3, 0.4) is 0 Å². The molecule has 0 aromatic carbocycles. The molecule has 60 heavy (non-hydrogen) atoms. The van der Waals surface area contributed by atoms with Crippen molar-refractivity contribution in [1.29, 1.82) is 0 Å². The number of carbonyl (C=O) groups excluding carboxylic acids is 1. The second-order valence-corrected chi connectivity index (χ2v) is 20.7. The van der Waals surface area contributed by atoms with E-state index in [1.54, 1.807) is 6.08 Å². The summed E-state index contributed by atoms with van der Waals surface area (Å²) in [4.78, 5) is 23.1. The number of likely N-dealkylation sites (N-methyl/N-ethyl adjacent to an activating group) is 1. The molecule has 0 saturated heterocycles. The number of aliphatic hydroxyl groups is 1. The fraction of sp³-hybridized carbons (Fsp3) is 0.941. The largest absolute Gasteiger partial charge is 0.472 e. The molecule has 0 aliphatic rings. The topological polar surface area (TPSA) is 105 Å². The Morgan fingerprint density at radius 1 is 0.550 bits per heavy atom. The van der Waals surface area contributed by atoms with Crippen molar-refractivity contribution in [3.8, 4) is 0 Å². The lowest BCUT2D eigenvalue weighted by atomic mass is 10.0. The van der Waals surface area contributed by atoms with Gasteiger partial charge in [-0.15, -0.1) is 0 Å². The number of unbranched alkanes of at least 4 members (excludes halogenated alkanes) is 35. The SMILES string of the molecule is CCCCCCCCC/C=C/[C@@H](O)[C@H](COP(=O)(O)OCC[N+](C)(C)C)NC(=O)CCCCCCCCCCCCCCCCCCCCCCCCCCCCCCC. The highest BCUT2D eigenvalue weighted by molar-refractivity contribution is 7.47. The lowest BCUT2D eigenvalue weighted by molar-refractivity contribution is -0.870. The Kier molecular flexibility index (Phi) is 42.9. The van der Waals surface area contributed by atoms with Gasteiger partial charge in [-0.1, -0.05) is 244 Å². The smallest absolute Gasteiger partial charge is 0.387 e. The van der Waals surface area contributed by atoms with Gasteiger partial charge in [-0.3, -0.25) is 13.8 Å². The molecule has 0 aromatic rings. The number of nitrogens with one attached hydrogen (secondary N) is 1. The van der Waals surface area contributed by atoms with Crippen molar-refractivity contribution in [2.75, 3.05) is 40.9 Å². The maximum atomic E-state index is 12.9. The average molecular weight is 872 g/mol. The standard InChI is InChI=1S/C51H103N2O6P/c1-6-8-10-12-14-16-17-18-19-20-21-22-23-24-25-26-27-28-29-30-31-32-33-34-35-37-39-41-43-45-51(55)52-49(48-59-60(56,57)58-47-46-53(3,4)5)50(54)44-42-40-38-36-15-13-11-9-7-2/h42,44,49-50,54H,6-41,43,45-48H2,1-5H3,(H-,52,55,56,57)/p+1/b44-42+/t49-,50+/m0/s1. The molecular weight excluding hydrogens is 768 g/mol. The summed E-state index contributed by atoms with van der Waals surface area (Å²) in [7, 11) is 1.58. The average Bonchev–Trinajstić information content (AvgIpc) is 3.20. The zero-order chi connectivity index (χ0) is 44.3. The lowest BCUT2D eigenvalue weighted by Crippen LogP contribution is -2.45. The van der Waals surface area contributed by atoms with Gasteiger partial charge in [0, 0.05) is 6.42 Å². The van der Waals surface area contributed by atoms with Crippen molar-refractivity contribution < 1.29 is 32.9 Å². The molecule has 0 heterocycles. The molecule has 0 rings (SSSR count). The maximum absolute atomic E-state index is 12.9. The molecule has 1 amide bonds. The van der Waals surface area contributed by atoms with Crippen LogP contribution < -0.4 is 5.32 Å². The quantitative estimate of drug-likeness (QED) is 0.0243. The summed E-state index contributed by atoms with van der Waals surface area (Å²) in [6.07, 6.45) is 51.8. The monoisotopic (exact) mass is 872 g/mol. The van der Waals surface area contributed by atoms with Gasteiger partial charge in [-0.05, 0) is 19.3 Å². The number of amides is 1. The number of aliphatic hydroxyl groups excluding tert-OH is 1. The molecule has 0 aromatic heterocycles. The fourth-order valence-corrected chi connectivity index (χ4v) is 8.60. The van der Waals surface area contributed by atoms with E-state index in [0.29, 0.717) is 17.4 Å². The zero-order valence-corrected chi connectivity index (χ0v) is 41.6. The molecule has 0 saturated carbocycles. The summed E-state index contributed by atoms with van der Waals surface area (Å²) >= 11 is 0. The molecular formula is C51H104N2O6P+. The van der Waals surface area contributed by atoms with E-state index in [1.807, 2.05) is 27.2 Å². The highest BCUT2D eigenvalue weighted by Gasteiger charge is 2.27. The predicted molar refractivity (Wildman–Crippen MR) is 259 cm³/mol. The Balaban J connectivity index is 3.96. The molecule has 0 radical (unpaired) electrons. The summed E-state index contributed by atoms with van der Waals surface area (Å²) in [6, 6.07) is -0.839. The minimum absolute atomic E-state index is 0.0644. The molecule has 0 spiro atoms. The van der Waals surface area contributed by atoms with Crippen molar-refractivity contribution >= 4 is 13.7 Å². The van der Waals surface area contributed by atoms with Crippen LogP contribution in [-0.4, -0.2) is 73.4 Å². The van der Waals surface area contributed by atoms with Gasteiger partial charge in [0.05, 0.1) is 39.9 Å². The highest BCUT2D eigenvalue weighted by atomic mass is 31.2. The first-order valence-corrected chi connectivity index (χ1v) is 27.6. The van der Waals surface area contributed by atoms with E-state index in [1.165, 1.54) is 199 Å². The third kappa shape index (κ3) is 45.3. The number of carbonyl (C=O) groups is 1. The van der Waals surface area contributed by atoms with Crippen molar-refractivity contribution in [2.24, 2.45) is 0 Å². The van der Waals surface area contributed by atoms with Crippen LogP contribution in [0, 0.1) is 0 Å². The maximum Gasteiger partial charge on any atom is 0.472 e. The summed E-state index contributed by atoms with van der Waals surface area (Å²) in [5.74, 6) is -0.174. The van der Waals surface area contributed by atoms with E-state index in [4.69, 9.17) is 9.05 Å². The van der Waals surface area contributed by atoms with E-state index in [-0.39, 0.29) is 19.1 Å². The van der Waals surface area contributed by atoms with Gasteiger partial charge >= 0.3 is 7.82 Å². The fourth-order valence-electron chi connectivity index (χ4n) is 7.87. The Morgan fingerprint density at radius 2 is 0.883 bits per heavy atom. The van der Waals surface area contributed by atoms with Crippen LogP contribution in [0.2, 0.25) is 0 Å². The molecule has 0 aliphatic heterocycles. The second-order valence-electron chi connectivity index (χ2n) is 19.3. The van der Waals surface area contributed by atoms with Crippen molar-refractivity contribution in [1.82, 2.24) is 5.32 Å². The number of phosphoric ester groups is 1. The Hall–Kier alpha value is -0.760. The number of rotatable bonds is 48. The van der Waals surface area contributed by atoms with Crippen molar-refractivity contribution in [3.63, 3.8) is 0 Å². The van der Waals surface area contributed by atoms with Crippen LogP contribution in [-0.2, 0) is 18.4 Å². The summed E-state index contributed by atoms with van der Waals surface area (Å²) in [5.41, 5.74) is 0. The molecule has 0 aliphatic carbocycles. The zero-order valence-electron chi connectivity index (χ0n) is 40.7. The van der Waals surface area contributed by atoms with Crippen LogP contribution in [0.5, 0.6) is 0 Å². The minimum Gasteiger partial charge on any atom is -0.387 e. The summed E-state index contributed by atoms with van der Waals surface area (Å²) in [6.45, 7) is 4.81. The van der Waals surface area contributed by atoms with Crippen LogP contribution in [0.1, 0.15) is 258 Å². The van der Waals surface area contributed by atoms with E-state index in [2.05, 4.69) is 19.2 Å². The van der Waals surface area contributed by atoms with E-state index < -0.39 is 20.0 Å². The third-order valence-electron chi connectivity index (χ3n) is 12.0. The Bertz CT molecular complexity index is 989. The molecule has 9 heteroatoms. The van der Waals surface area contributed by atoms with E-state index in [0.717, 1.165) is 38.5 Å². The molecule has 3 N–H and O–H groups in total. The normalized spacial score (nSPS) is 14.2. The summed E-state index contributed by atoms with van der Waals surface area (Å²) < 4.78 is 23.5. The lowest BCUT2D eigenvalue weighted by Gasteiger charge is -2.25. The highest BCUT2D eigenvalue weighted by Crippen LogP contribution is 2.43. The molecule has 8 nitrogen and oxygen atoms in total. The van der Waals surface area contributed by atoms with Gasteiger partial charge in [-0.25, -0.2) is 4.57 Å². The molecule has 1 unspecified atom stereocenters. The van der Waals surface area contributed by atoms with Gasteiger partial charge in [0.15, 0.2) is 0 Å². The van der Waals surface area contributed by atoms with Gasteiger partial charge in [0.1, 0.15) is 13.2 Å². The van der Waals surface area contributed by atoms with Crippen molar-refractivity contribution in [3.05, 3.63) is 12.2 Å². The number of allylic oxidation sites excluding steroid dienone is 1. The number of hydrogen-bond donors (Lipinski definition) is 3. The first-order valence-electron chi connectivity index (χ1n) is 26.1. The summed E-state index contributed by atoms with van der Waals surface area (Å²) in [5, 5.41) is 13.8. The van der Waals surface area contributed by atoms with Crippen LogP contribution in [0.4, 0.5) is 0 Å². The van der Waals surface area contributed by atoms with Gasteiger partial charge in [-0.2, -0.15) is 0 Å². The molecule has 3 atom stereocenters. The van der Waals surface area contributed by atoms with E-state index >= 15 is 0 Å². The van der Waals surface area contributed by atoms with E-state index in [9.17, 15) is 19.4 Å². The third-order valence-corrected chi connectivity index (χ3v) is 13.0. The van der Waals surface area contributed by atoms with Gasteiger partial charge in [0.2, 0.25) is 5.91 Å². The second kappa shape index (κ2) is 43.5. The molecule has 358 valence electrons. The minimum atomic E-state index is -4.33. The van der Waals surface area contributed by atoms with Gasteiger partial charge < -0.3 is 19.8 Å². The van der Waals surface area contributed by atoms with Crippen molar-refractivity contribution in [2.45, 2.75) is 270 Å². The van der Waals surface area contributed by atoms with Gasteiger partial charge in [0.25, 0.3) is 0 Å². The number of phosphoric acid groups is 1. The Labute approximate surface area is 373 Å². The number of hydrogen-bond acceptors (Lipinski definition) is 5.